The zero-order valence-electron chi connectivity index (χ0n) is 11.1. The van der Waals surface area contributed by atoms with Gasteiger partial charge in [0.25, 0.3) is 0 Å². The maximum atomic E-state index is 12.5. The number of hydrogen-bond acceptors (Lipinski definition) is 4. The number of carbonyl (C=O) groups is 1. The number of methoxy groups -OCH3 is 2. The van der Waals surface area contributed by atoms with Gasteiger partial charge in [-0.1, -0.05) is 0 Å². The molecule has 0 saturated heterocycles. The summed E-state index contributed by atoms with van der Waals surface area (Å²) in [5.74, 6) is 1.12. The molecule has 4 nitrogen and oxygen atoms in total. The molecule has 0 unspecified atom stereocenters. The largest absolute Gasteiger partial charge is 0.497 e. The monoisotopic (exact) mass is 257 g/mol. The summed E-state index contributed by atoms with van der Waals surface area (Å²) in [4.78, 5) is 16.4. The number of aromatic nitrogens is 1. The Morgan fingerprint density at radius 1 is 1.11 bits per heavy atom. The van der Waals surface area contributed by atoms with Crippen molar-refractivity contribution in [3.63, 3.8) is 0 Å². The molecule has 0 aliphatic rings. The van der Waals surface area contributed by atoms with E-state index in [1.165, 1.54) is 13.3 Å². The first-order chi connectivity index (χ1) is 9.17. The van der Waals surface area contributed by atoms with Gasteiger partial charge in [0.2, 0.25) is 0 Å². The van der Waals surface area contributed by atoms with Crippen LogP contribution in [0.15, 0.2) is 36.7 Å². The standard InChI is InChI=1S/C15H15NO3/c1-10-8-11(18-2)4-5-12(10)15(17)13-6-7-16-9-14(13)19-3/h4-9H,1-3H3. The zero-order valence-corrected chi connectivity index (χ0v) is 11.1. The molecule has 0 atom stereocenters. The van der Waals surface area contributed by atoms with Crippen molar-refractivity contribution in [1.82, 2.24) is 4.98 Å². The van der Waals surface area contributed by atoms with E-state index in [1.807, 2.05) is 13.0 Å². The molecule has 4 heteroatoms. The van der Waals surface area contributed by atoms with Crippen molar-refractivity contribution < 1.29 is 14.3 Å². The third kappa shape index (κ3) is 2.57. The fourth-order valence-corrected chi connectivity index (χ4v) is 1.89. The van der Waals surface area contributed by atoms with Crippen LogP contribution >= 0.6 is 0 Å². The van der Waals surface area contributed by atoms with Gasteiger partial charge in [-0.2, -0.15) is 0 Å². The van der Waals surface area contributed by atoms with Crippen LogP contribution in [0.3, 0.4) is 0 Å². The fourth-order valence-electron chi connectivity index (χ4n) is 1.89. The molecule has 1 heterocycles. The van der Waals surface area contributed by atoms with E-state index in [9.17, 15) is 4.79 Å². The predicted octanol–water partition coefficient (Wildman–Crippen LogP) is 2.64. The number of carbonyl (C=O) groups excluding carboxylic acids is 1. The van der Waals surface area contributed by atoms with Crippen LogP contribution in [0.25, 0.3) is 0 Å². The molecule has 0 saturated carbocycles. The summed E-state index contributed by atoms with van der Waals surface area (Å²) in [6.45, 7) is 1.88. The minimum atomic E-state index is -0.0839. The lowest BCUT2D eigenvalue weighted by molar-refractivity contribution is 0.103. The van der Waals surface area contributed by atoms with Gasteiger partial charge in [-0.05, 0) is 36.8 Å². The molecule has 98 valence electrons. The van der Waals surface area contributed by atoms with E-state index in [0.29, 0.717) is 16.9 Å². The molecule has 0 spiro atoms. The highest BCUT2D eigenvalue weighted by molar-refractivity contribution is 6.11. The molecule has 1 aromatic carbocycles. The van der Waals surface area contributed by atoms with E-state index in [0.717, 1.165) is 11.3 Å². The van der Waals surface area contributed by atoms with Crippen LogP contribution in [0.2, 0.25) is 0 Å². The van der Waals surface area contributed by atoms with Crippen molar-refractivity contribution in [2.75, 3.05) is 14.2 Å². The van der Waals surface area contributed by atoms with Gasteiger partial charge in [-0.3, -0.25) is 9.78 Å². The molecule has 0 aliphatic heterocycles. The van der Waals surface area contributed by atoms with E-state index in [2.05, 4.69) is 4.98 Å². The second-order valence-corrected chi connectivity index (χ2v) is 4.09. The Hall–Kier alpha value is -2.36. The SMILES string of the molecule is COc1ccc(C(=O)c2ccncc2OC)c(C)c1. The normalized spacial score (nSPS) is 10.1. The Kier molecular flexibility index (Phi) is 3.80. The van der Waals surface area contributed by atoms with Gasteiger partial charge in [0.1, 0.15) is 11.5 Å². The average molecular weight is 257 g/mol. The number of pyridine rings is 1. The van der Waals surface area contributed by atoms with Crippen LogP contribution in [0.1, 0.15) is 21.5 Å². The summed E-state index contributed by atoms with van der Waals surface area (Å²) in [7, 11) is 3.12. The first-order valence-electron chi connectivity index (χ1n) is 5.84. The van der Waals surface area contributed by atoms with E-state index in [1.54, 1.807) is 31.5 Å². The van der Waals surface area contributed by atoms with Crippen molar-refractivity contribution in [1.29, 1.82) is 0 Å². The first-order valence-corrected chi connectivity index (χ1v) is 5.84. The third-order valence-corrected chi connectivity index (χ3v) is 2.93. The third-order valence-electron chi connectivity index (χ3n) is 2.93. The topological polar surface area (TPSA) is 48.4 Å². The first kappa shape index (κ1) is 13.1. The maximum Gasteiger partial charge on any atom is 0.197 e. The van der Waals surface area contributed by atoms with Crippen LogP contribution in [-0.2, 0) is 0 Å². The van der Waals surface area contributed by atoms with Crippen molar-refractivity contribution in [3.05, 3.63) is 53.3 Å². The Morgan fingerprint density at radius 2 is 1.89 bits per heavy atom. The van der Waals surface area contributed by atoms with Gasteiger partial charge in [-0.25, -0.2) is 0 Å². The Balaban J connectivity index is 2.44. The molecule has 2 rings (SSSR count). The van der Waals surface area contributed by atoms with Crippen LogP contribution in [0.4, 0.5) is 0 Å². The summed E-state index contributed by atoms with van der Waals surface area (Å²) in [6.07, 6.45) is 3.11. The van der Waals surface area contributed by atoms with Gasteiger partial charge in [0.15, 0.2) is 5.78 Å². The van der Waals surface area contributed by atoms with Crippen LogP contribution in [0.5, 0.6) is 11.5 Å². The quantitative estimate of drug-likeness (QED) is 0.790. The summed E-state index contributed by atoms with van der Waals surface area (Å²) in [5.41, 5.74) is 2.00. The molecule has 0 bridgehead atoms. The summed E-state index contributed by atoms with van der Waals surface area (Å²) in [5, 5.41) is 0. The van der Waals surface area contributed by atoms with Gasteiger partial charge in [0, 0.05) is 11.8 Å². The lowest BCUT2D eigenvalue weighted by Crippen LogP contribution is -2.06. The van der Waals surface area contributed by atoms with Crippen LogP contribution in [0, 0.1) is 6.92 Å². The van der Waals surface area contributed by atoms with Gasteiger partial charge < -0.3 is 9.47 Å². The predicted molar refractivity (Wildman–Crippen MR) is 72.0 cm³/mol. The maximum absolute atomic E-state index is 12.5. The number of nitrogens with zero attached hydrogens (tertiary/aromatic N) is 1. The molecular weight excluding hydrogens is 242 g/mol. The fraction of sp³-hybridized carbons (Fsp3) is 0.200. The highest BCUT2D eigenvalue weighted by atomic mass is 16.5. The number of benzene rings is 1. The molecule has 1 aromatic heterocycles. The lowest BCUT2D eigenvalue weighted by Gasteiger charge is -2.09. The summed E-state index contributed by atoms with van der Waals surface area (Å²) >= 11 is 0. The summed E-state index contributed by atoms with van der Waals surface area (Å²) in [6, 6.07) is 7.02. The molecule has 0 fully saturated rings. The second-order valence-electron chi connectivity index (χ2n) is 4.09. The highest BCUT2D eigenvalue weighted by Gasteiger charge is 2.16. The number of hydrogen-bond donors (Lipinski definition) is 0. The zero-order chi connectivity index (χ0) is 13.8. The Bertz CT molecular complexity index is 608. The molecule has 0 aliphatic carbocycles. The minimum absolute atomic E-state index is 0.0839. The van der Waals surface area contributed by atoms with E-state index in [4.69, 9.17) is 9.47 Å². The number of aryl methyl sites for hydroxylation is 1. The molecule has 0 N–H and O–H groups in total. The minimum Gasteiger partial charge on any atom is -0.497 e. The molecule has 0 radical (unpaired) electrons. The average Bonchev–Trinajstić information content (AvgIpc) is 2.46. The Labute approximate surface area is 112 Å². The highest BCUT2D eigenvalue weighted by Crippen LogP contribution is 2.24. The van der Waals surface area contributed by atoms with Crippen LogP contribution < -0.4 is 9.47 Å². The van der Waals surface area contributed by atoms with Crippen molar-refractivity contribution >= 4 is 5.78 Å². The molecule has 19 heavy (non-hydrogen) atoms. The van der Waals surface area contributed by atoms with Gasteiger partial charge in [0.05, 0.1) is 26.0 Å². The van der Waals surface area contributed by atoms with Crippen molar-refractivity contribution in [2.45, 2.75) is 6.92 Å². The molecule has 0 amide bonds. The number of ketones is 1. The van der Waals surface area contributed by atoms with E-state index >= 15 is 0 Å². The van der Waals surface area contributed by atoms with Crippen molar-refractivity contribution in [3.8, 4) is 11.5 Å². The number of ether oxygens (including phenoxy) is 2. The Morgan fingerprint density at radius 3 is 2.53 bits per heavy atom. The van der Waals surface area contributed by atoms with Gasteiger partial charge in [-0.15, -0.1) is 0 Å². The van der Waals surface area contributed by atoms with E-state index < -0.39 is 0 Å². The smallest absolute Gasteiger partial charge is 0.197 e. The molecular formula is C15H15NO3. The van der Waals surface area contributed by atoms with Gasteiger partial charge >= 0.3 is 0 Å². The molecule has 2 aromatic rings. The summed E-state index contributed by atoms with van der Waals surface area (Å²) < 4.78 is 10.3. The second kappa shape index (κ2) is 5.52. The van der Waals surface area contributed by atoms with E-state index in [-0.39, 0.29) is 5.78 Å². The lowest BCUT2D eigenvalue weighted by atomic mass is 9.99. The van der Waals surface area contributed by atoms with Crippen molar-refractivity contribution in [2.24, 2.45) is 0 Å². The van der Waals surface area contributed by atoms with Crippen LogP contribution in [-0.4, -0.2) is 25.0 Å². The number of rotatable bonds is 4.